The average molecular weight is 384 g/mol. The molecule has 0 aliphatic heterocycles. The number of nitro benzene ring substituents is 1. The molecule has 0 aliphatic rings. The van der Waals surface area contributed by atoms with Crippen LogP contribution in [0, 0.1) is 10.1 Å². The minimum Gasteiger partial charge on any atom is -0.495 e. The van der Waals surface area contributed by atoms with Crippen molar-refractivity contribution in [2.75, 3.05) is 18.2 Å². The summed E-state index contributed by atoms with van der Waals surface area (Å²) < 4.78 is 6.98. The number of nitrogens with zero attached hydrogens (tertiary/aromatic N) is 3. The van der Waals surface area contributed by atoms with Gasteiger partial charge in [-0.1, -0.05) is 23.9 Å². The summed E-state index contributed by atoms with van der Waals surface area (Å²) in [6.07, 6.45) is 3.35. The number of para-hydroxylation sites is 2. The van der Waals surface area contributed by atoms with Crippen LogP contribution >= 0.6 is 11.8 Å². The number of methoxy groups -OCH3 is 1. The Morgan fingerprint density at radius 1 is 1.26 bits per heavy atom. The molecule has 0 unspecified atom stereocenters. The number of carbonyl (C=O) groups excluding carboxylic acids is 1. The summed E-state index contributed by atoms with van der Waals surface area (Å²) >= 11 is 1.26. The summed E-state index contributed by atoms with van der Waals surface area (Å²) in [5, 5.41) is 14.2. The number of rotatable bonds is 7. The Morgan fingerprint density at radius 2 is 2.00 bits per heavy atom. The molecule has 0 saturated heterocycles. The van der Waals surface area contributed by atoms with Gasteiger partial charge in [0.15, 0.2) is 5.16 Å². The molecule has 0 atom stereocenters. The minimum absolute atomic E-state index is 0.0178. The number of thioether (sulfide) groups is 1. The molecule has 1 amide bonds. The smallest absolute Gasteiger partial charge is 0.269 e. The first-order valence-corrected chi connectivity index (χ1v) is 8.91. The lowest BCUT2D eigenvalue weighted by Crippen LogP contribution is -2.15. The molecule has 138 valence electrons. The SMILES string of the molecule is COc1ccccc1NC(=O)CSc1nccn1-c1ccc([N+](=O)[O-])cc1. The maximum absolute atomic E-state index is 12.2. The Bertz CT molecular complexity index is 956. The van der Waals surface area contributed by atoms with Gasteiger partial charge in [0.1, 0.15) is 5.75 Å². The van der Waals surface area contributed by atoms with Crippen LogP contribution < -0.4 is 10.1 Å². The number of non-ortho nitro benzene ring substituents is 1. The van der Waals surface area contributed by atoms with Gasteiger partial charge in [-0.25, -0.2) is 4.98 Å². The van der Waals surface area contributed by atoms with E-state index >= 15 is 0 Å². The van der Waals surface area contributed by atoms with Gasteiger partial charge in [-0.3, -0.25) is 19.5 Å². The fourth-order valence-corrected chi connectivity index (χ4v) is 3.17. The number of nitro groups is 1. The van der Waals surface area contributed by atoms with Crippen molar-refractivity contribution in [2.24, 2.45) is 0 Å². The van der Waals surface area contributed by atoms with Crippen LogP contribution in [0.5, 0.6) is 5.75 Å². The predicted octanol–water partition coefficient (Wildman–Crippen LogP) is 3.52. The van der Waals surface area contributed by atoms with E-state index in [9.17, 15) is 14.9 Å². The summed E-state index contributed by atoms with van der Waals surface area (Å²) in [6, 6.07) is 13.3. The minimum atomic E-state index is -0.449. The highest BCUT2D eigenvalue weighted by Gasteiger charge is 2.12. The number of anilines is 1. The van der Waals surface area contributed by atoms with Crippen molar-refractivity contribution in [3.63, 3.8) is 0 Å². The fraction of sp³-hybridized carbons (Fsp3) is 0.111. The summed E-state index contributed by atoms with van der Waals surface area (Å²) in [7, 11) is 1.54. The highest BCUT2D eigenvalue weighted by Crippen LogP contribution is 2.25. The maximum atomic E-state index is 12.2. The Balaban J connectivity index is 1.66. The molecular weight excluding hydrogens is 368 g/mol. The third-order valence-electron chi connectivity index (χ3n) is 3.66. The highest BCUT2D eigenvalue weighted by molar-refractivity contribution is 7.99. The number of hydrogen-bond acceptors (Lipinski definition) is 6. The molecule has 0 spiro atoms. The molecule has 0 saturated carbocycles. The van der Waals surface area contributed by atoms with E-state index < -0.39 is 4.92 Å². The topological polar surface area (TPSA) is 99.3 Å². The Morgan fingerprint density at radius 3 is 2.70 bits per heavy atom. The molecule has 1 aromatic heterocycles. The summed E-state index contributed by atoms with van der Waals surface area (Å²) in [6.45, 7) is 0. The second-order valence-electron chi connectivity index (χ2n) is 5.39. The molecule has 2 aromatic carbocycles. The van der Waals surface area contributed by atoms with Crippen molar-refractivity contribution in [1.29, 1.82) is 0 Å². The molecule has 3 rings (SSSR count). The van der Waals surface area contributed by atoms with Gasteiger partial charge in [-0.15, -0.1) is 0 Å². The molecule has 0 fully saturated rings. The summed E-state index contributed by atoms with van der Waals surface area (Å²) in [5.74, 6) is 0.549. The van der Waals surface area contributed by atoms with E-state index in [-0.39, 0.29) is 17.3 Å². The van der Waals surface area contributed by atoms with Crippen molar-refractivity contribution in [2.45, 2.75) is 5.16 Å². The molecule has 0 radical (unpaired) electrons. The first-order valence-electron chi connectivity index (χ1n) is 7.92. The van der Waals surface area contributed by atoms with Crippen LogP contribution in [0.1, 0.15) is 0 Å². The molecule has 8 nitrogen and oxygen atoms in total. The normalized spacial score (nSPS) is 10.4. The first kappa shape index (κ1) is 18.5. The van der Waals surface area contributed by atoms with E-state index in [1.165, 1.54) is 23.9 Å². The van der Waals surface area contributed by atoms with Crippen LogP contribution in [0.25, 0.3) is 5.69 Å². The monoisotopic (exact) mass is 384 g/mol. The number of imidazole rings is 1. The van der Waals surface area contributed by atoms with Gasteiger partial charge in [-0.05, 0) is 24.3 Å². The van der Waals surface area contributed by atoms with E-state index in [0.29, 0.717) is 16.6 Å². The van der Waals surface area contributed by atoms with E-state index in [1.54, 1.807) is 48.3 Å². The van der Waals surface area contributed by atoms with Crippen molar-refractivity contribution >= 4 is 29.0 Å². The van der Waals surface area contributed by atoms with Gasteiger partial charge in [0.05, 0.1) is 23.5 Å². The zero-order valence-corrected chi connectivity index (χ0v) is 15.2. The quantitative estimate of drug-likeness (QED) is 0.380. The standard InChI is InChI=1S/C18H16N4O4S/c1-26-16-5-3-2-4-15(16)20-17(23)12-27-18-19-10-11-21(18)13-6-8-14(9-7-13)22(24)25/h2-11H,12H2,1H3,(H,20,23). The van der Waals surface area contributed by atoms with Crippen molar-refractivity contribution in [3.8, 4) is 11.4 Å². The van der Waals surface area contributed by atoms with Gasteiger partial charge in [-0.2, -0.15) is 0 Å². The molecule has 0 bridgehead atoms. The zero-order chi connectivity index (χ0) is 19.2. The number of benzene rings is 2. The zero-order valence-electron chi connectivity index (χ0n) is 14.4. The molecule has 27 heavy (non-hydrogen) atoms. The van der Waals surface area contributed by atoms with Crippen LogP contribution in [0.4, 0.5) is 11.4 Å². The predicted molar refractivity (Wildman–Crippen MR) is 103 cm³/mol. The number of carbonyl (C=O) groups is 1. The Hall–Kier alpha value is -3.33. The van der Waals surface area contributed by atoms with Gasteiger partial charge in [0, 0.05) is 30.2 Å². The number of amides is 1. The number of aromatic nitrogens is 2. The molecule has 1 heterocycles. The summed E-state index contributed by atoms with van der Waals surface area (Å²) in [4.78, 5) is 26.8. The van der Waals surface area contributed by atoms with Gasteiger partial charge < -0.3 is 10.1 Å². The number of nitrogens with one attached hydrogen (secondary N) is 1. The van der Waals surface area contributed by atoms with Crippen LogP contribution in [-0.4, -0.2) is 33.2 Å². The molecule has 1 N–H and O–H groups in total. The molecule has 0 aliphatic carbocycles. The average Bonchev–Trinajstić information content (AvgIpc) is 3.15. The number of hydrogen-bond donors (Lipinski definition) is 1. The lowest BCUT2D eigenvalue weighted by molar-refractivity contribution is -0.384. The Kier molecular flexibility index (Phi) is 5.72. The van der Waals surface area contributed by atoms with Crippen molar-refractivity contribution in [1.82, 2.24) is 9.55 Å². The third-order valence-corrected chi connectivity index (χ3v) is 4.63. The van der Waals surface area contributed by atoms with Gasteiger partial charge in [0.2, 0.25) is 5.91 Å². The van der Waals surface area contributed by atoms with Gasteiger partial charge in [0.25, 0.3) is 5.69 Å². The Labute approximate surface area is 159 Å². The van der Waals surface area contributed by atoms with Crippen LogP contribution in [0.2, 0.25) is 0 Å². The highest BCUT2D eigenvalue weighted by atomic mass is 32.2. The van der Waals surface area contributed by atoms with Crippen LogP contribution in [0.15, 0.2) is 66.1 Å². The van der Waals surface area contributed by atoms with E-state index in [4.69, 9.17) is 4.74 Å². The fourth-order valence-electron chi connectivity index (χ4n) is 2.39. The number of ether oxygens (including phenoxy) is 1. The third kappa shape index (κ3) is 4.45. The summed E-state index contributed by atoms with van der Waals surface area (Å²) in [5.41, 5.74) is 1.35. The molecule has 9 heteroatoms. The van der Waals surface area contributed by atoms with Crippen LogP contribution in [0.3, 0.4) is 0 Å². The van der Waals surface area contributed by atoms with E-state index in [2.05, 4.69) is 10.3 Å². The second kappa shape index (κ2) is 8.37. The van der Waals surface area contributed by atoms with E-state index in [0.717, 1.165) is 5.69 Å². The lowest BCUT2D eigenvalue weighted by atomic mass is 10.3. The van der Waals surface area contributed by atoms with Crippen molar-refractivity contribution < 1.29 is 14.5 Å². The first-order chi connectivity index (χ1) is 13.1. The lowest BCUT2D eigenvalue weighted by Gasteiger charge is -2.10. The molecule has 3 aromatic rings. The van der Waals surface area contributed by atoms with E-state index in [1.807, 2.05) is 12.1 Å². The van der Waals surface area contributed by atoms with Crippen LogP contribution in [-0.2, 0) is 4.79 Å². The largest absolute Gasteiger partial charge is 0.495 e. The van der Waals surface area contributed by atoms with Gasteiger partial charge >= 0.3 is 0 Å². The van der Waals surface area contributed by atoms with Crippen molar-refractivity contribution in [3.05, 3.63) is 71.0 Å². The second-order valence-corrected chi connectivity index (χ2v) is 6.33. The maximum Gasteiger partial charge on any atom is 0.269 e. The molecular formula is C18H16N4O4S.